The summed E-state index contributed by atoms with van der Waals surface area (Å²) in [5, 5.41) is 4.62. The monoisotopic (exact) mass is 296 g/mol. The lowest BCUT2D eigenvalue weighted by atomic mass is 10.2. The van der Waals surface area contributed by atoms with Crippen molar-refractivity contribution in [3.63, 3.8) is 0 Å². The third kappa shape index (κ3) is 3.30. The molecular formula is C14H14Cl2N2O. The maximum atomic E-state index is 6.14. The lowest BCUT2D eigenvalue weighted by molar-refractivity contribution is 0.494. The number of nitrogens with one attached hydrogen (secondary N) is 1. The Morgan fingerprint density at radius 3 is 2.89 bits per heavy atom. The Balaban J connectivity index is 1.68. The van der Waals surface area contributed by atoms with E-state index in [2.05, 4.69) is 10.3 Å². The van der Waals surface area contributed by atoms with Gasteiger partial charge in [-0.3, -0.25) is 0 Å². The largest absolute Gasteiger partial charge is 0.441 e. The van der Waals surface area contributed by atoms with Crippen molar-refractivity contribution >= 4 is 23.2 Å². The second-order valence-corrected chi connectivity index (χ2v) is 5.56. The molecule has 1 aliphatic carbocycles. The molecule has 0 spiro atoms. The molecule has 1 aromatic heterocycles. The summed E-state index contributed by atoms with van der Waals surface area (Å²) >= 11 is 12.0. The molecule has 2 aromatic rings. The van der Waals surface area contributed by atoms with Crippen molar-refractivity contribution in [3.05, 3.63) is 40.3 Å². The molecule has 1 N–H and O–H groups in total. The van der Waals surface area contributed by atoms with E-state index < -0.39 is 0 Å². The molecule has 1 aromatic carbocycles. The molecule has 0 aliphatic heterocycles. The molecule has 0 radical (unpaired) electrons. The predicted octanol–water partition coefficient (Wildman–Crippen LogP) is 3.94. The first-order valence-corrected chi connectivity index (χ1v) is 7.11. The number of halogens is 2. The summed E-state index contributed by atoms with van der Waals surface area (Å²) in [6, 6.07) is 6.05. The zero-order valence-electron chi connectivity index (χ0n) is 10.3. The average Bonchev–Trinajstić information content (AvgIpc) is 3.07. The second kappa shape index (κ2) is 5.53. The highest BCUT2D eigenvalue weighted by molar-refractivity contribution is 6.36. The lowest BCUT2D eigenvalue weighted by Crippen LogP contribution is -2.19. The van der Waals surface area contributed by atoms with Gasteiger partial charge in [0.1, 0.15) is 0 Å². The van der Waals surface area contributed by atoms with Gasteiger partial charge < -0.3 is 9.73 Å². The van der Waals surface area contributed by atoms with Crippen molar-refractivity contribution in [1.29, 1.82) is 0 Å². The van der Waals surface area contributed by atoms with Gasteiger partial charge in [0.05, 0.1) is 11.2 Å². The molecule has 1 saturated carbocycles. The predicted molar refractivity (Wildman–Crippen MR) is 76.7 cm³/mol. The normalized spacial score (nSPS) is 14.8. The zero-order valence-corrected chi connectivity index (χ0v) is 11.8. The standard InChI is InChI=1S/C14H14Cl2N2O/c15-9-1-4-11(12(16)7-9)13-8-18-14(19-13)5-6-17-10-2-3-10/h1,4,7-8,10,17H,2-3,5-6H2. The van der Waals surface area contributed by atoms with Crippen LogP contribution in [0.15, 0.2) is 28.8 Å². The summed E-state index contributed by atoms with van der Waals surface area (Å²) in [6.07, 6.45) is 5.08. The summed E-state index contributed by atoms with van der Waals surface area (Å²) in [4.78, 5) is 4.28. The fourth-order valence-corrected chi connectivity index (χ4v) is 2.41. The Labute approximate surface area is 121 Å². The van der Waals surface area contributed by atoms with Crippen LogP contribution in [0.3, 0.4) is 0 Å². The van der Waals surface area contributed by atoms with Gasteiger partial charge in [-0.15, -0.1) is 0 Å². The fraction of sp³-hybridized carbons (Fsp3) is 0.357. The van der Waals surface area contributed by atoms with Crippen LogP contribution in [0.2, 0.25) is 10.0 Å². The summed E-state index contributed by atoms with van der Waals surface area (Å²) in [6.45, 7) is 0.902. The summed E-state index contributed by atoms with van der Waals surface area (Å²) < 4.78 is 5.71. The van der Waals surface area contributed by atoms with Crippen LogP contribution in [0.4, 0.5) is 0 Å². The van der Waals surface area contributed by atoms with E-state index in [0.29, 0.717) is 21.8 Å². The molecule has 0 bridgehead atoms. The minimum absolute atomic E-state index is 0.575. The molecule has 5 heteroatoms. The number of hydrogen-bond acceptors (Lipinski definition) is 3. The third-order valence-electron chi connectivity index (χ3n) is 3.10. The molecule has 1 fully saturated rings. The van der Waals surface area contributed by atoms with Gasteiger partial charge in [0, 0.05) is 29.6 Å². The van der Waals surface area contributed by atoms with Gasteiger partial charge in [0.25, 0.3) is 0 Å². The average molecular weight is 297 g/mol. The number of oxazole rings is 1. The third-order valence-corrected chi connectivity index (χ3v) is 3.65. The van der Waals surface area contributed by atoms with Gasteiger partial charge in [-0.2, -0.15) is 0 Å². The lowest BCUT2D eigenvalue weighted by Gasteiger charge is -2.01. The zero-order chi connectivity index (χ0) is 13.2. The van der Waals surface area contributed by atoms with Gasteiger partial charge in [-0.25, -0.2) is 4.98 Å². The van der Waals surface area contributed by atoms with Gasteiger partial charge in [0.15, 0.2) is 11.7 Å². The minimum Gasteiger partial charge on any atom is -0.441 e. The molecular weight excluding hydrogens is 283 g/mol. The first-order chi connectivity index (χ1) is 9.22. The Morgan fingerprint density at radius 2 is 2.16 bits per heavy atom. The molecule has 0 amide bonds. The second-order valence-electron chi connectivity index (χ2n) is 4.72. The van der Waals surface area contributed by atoms with Crippen LogP contribution in [-0.2, 0) is 6.42 Å². The number of rotatable bonds is 5. The molecule has 1 aliphatic rings. The summed E-state index contributed by atoms with van der Waals surface area (Å²) in [5.41, 5.74) is 0.819. The number of aromatic nitrogens is 1. The van der Waals surface area contributed by atoms with E-state index in [-0.39, 0.29) is 0 Å². The maximum absolute atomic E-state index is 6.14. The van der Waals surface area contributed by atoms with Crippen molar-refractivity contribution in [3.8, 4) is 11.3 Å². The molecule has 19 heavy (non-hydrogen) atoms. The molecule has 1 heterocycles. The van der Waals surface area contributed by atoms with Crippen molar-refractivity contribution in [2.45, 2.75) is 25.3 Å². The minimum atomic E-state index is 0.575. The van der Waals surface area contributed by atoms with E-state index in [0.717, 1.165) is 24.4 Å². The van der Waals surface area contributed by atoms with Crippen LogP contribution in [0.1, 0.15) is 18.7 Å². The van der Waals surface area contributed by atoms with Crippen molar-refractivity contribution < 1.29 is 4.42 Å². The van der Waals surface area contributed by atoms with Crippen LogP contribution < -0.4 is 5.32 Å². The first-order valence-electron chi connectivity index (χ1n) is 6.36. The van der Waals surface area contributed by atoms with E-state index in [4.69, 9.17) is 27.6 Å². The van der Waals surface area contributed by atoms with Crippen molar-refractivity contribution in [2.24, 2.45) is 0 Å². The SMILES string of the molecule is Clc1ccc(-c2cnc(CCNC3CC3)o2)c(Cl)c1. The number of benzene rings is 1. The van der Waals surface area contributed by atoms with E-state index in [1.54, 1.807) is 18.3 Å². The molecule has 0 saturated heterocycles. The van der Waals surface area contributed by atoms with Crippen LogP contribution in [-0.4, -0.2) is 17.6 Å². The summed E-state index contributed by atoms with van der Waals surface area (Å²) in [5.74, 6) is 1.41. The van der Waals surface area contributed by atoms with E-state index in [9.17, 15) is 0 Å². The molecule has 100 valence electrons. The Morgan fingerprint density at radius 1 is 1.32 bits per heavy atom. The Bertz CT molecular complexity index is 579. The van der Waals surface area contributed by atoms with Gasteiger partial charge >= 0.3 is 0 Å². The molecule has 0 unspecified atom stereocenters. The van der Waals surface area contributed by atoms with Crippen LogP contribution in [0, 0.1) is 0 Å². The molecule has 0 atom stereocenters. The molecule has 3 nitrogen and oxygen atoms in total. The van der Waals surface area contributed by atoms with E-state index in [1.165, 1.54) is 12.8 Å². The van der Waals surface area contributed by atoms with E-state index >= 15 is 0 Å². The van der Waals surface area contributed by atoms with Crippen LogP contribution in [0.25, 0.3) is 11.3 Å². The maximum Gasteiger partial charge on any atom is 0.196 e. The molecule has 3 rings (SSSR count). The highest BCUT2D eigenvalue weighted by Crippen LogP contribution is 2.30. The number of nitrogens with zero attached hydrogens (tertiary/aromatic N) is 1. The highest BCUT2D eigenvalue weighted by atomic mass is 35.5. The van der Waals surface area contributed by atoms with Crippen molar-refractivity contribution in [2.75, 3.05) is 6.54 Å². The Hall–Kier alpha value is -1.03. The highest BCUT2D eigenvalue weighted by Gasteiger charge is 2.20. The number of hydrogen-bond donors (Lipinski definition) is 1. The quantitative estimate of drug-likeness (QED) is 0.908. The fourth-order valence-electron chi connectivity index (χ4n) is 1.91. The summed E-state index contributed by atoms with van der Waals surface area (Å²) in [7, 11) is 0. The van der Waals surface area contributed by atoms with Crippen LogP contribution in [0.5, 0.6) is 0 Å². The topological polar surface area (TPSA) is 38.1 Å². The van der Waals surface area contributed by atoms with Crippen molar-refractivity contribution in [1.82, 2.24) is 10.3 Å². The first kappa shape index (κ1) is 13.0. The van der Waals surface area contributed by atoms with Gasteiger partial charge in [-0.1, -0.05) is 23.2 Å². The van der Waals surface area contributed by atoms with Gasteiger partial charge in [-0.05, 0) is 31.0 Å². The van der Waals surface area contributed by atoms with E-state index in [1.807, 2.05) is 6.07 Å². The van der Waals surface area contributed by atoms with Crippen LogP contribution >= 0.6 is 23.2 Å². The smallest absolute Gasteiger partial charge is 0.196 e. The van der Waals surface area contributed by atoms with Gasteiger partial charge in [0.2, 0.25) is 0 Å². The Kier molecular flexibility index (Phi) is 3.78.